The molecule has 1 heteroatoms. The minimum absolute atomic E-state index is 0.710. The van der Waals surface area contributed by atoms with Crippen LogP contribution < -0.4 is 5.46 Å². The average Bonchev–Trinajstić information content (AvgIpc) is 2.29. The first kappa shape index (κ1) is 13.1. The van der Waals surface area contributed by atoms with Crippen molar-refractivity contribution in [3.8, 4) is 0 Å². The standard InChI is InChI=1S/C15H21B/c1-3-5-7-13(4-2)10-11-14-8-6-9-15(16)12-14/h6,8-13H,3-5,7H2,1-2H3/b11-10+. The Bertz CT molecular complexity index is 328. The summed E-state index contributed by atoms with van der Waals surface area (Å²) >= 11 is 0. The zero-order chi connectivity index (χ0) is 11.8. The minimum atomic E-state index is 0.710. The summed E-state index contributed by atoms with van der Waals surface area (Å²) in [7, 11) is 5.74. The van der Waals surface area contributed by atoms with Gasteiger partial charge in [0.2, 0.25) is 0 Å². The predicted octanol–water partition coefficient (Wildman–Crippen LogP) is 3.71. The smallest absolute Gasteiger partial charge is 0.0961 e. The van der Waals surface area contributed by atoms with Crippen LogP contribution in [0.3, 0.4) is 0 Å². The first-order chi connectivity index (χ1) is 7.76. The van der Waals surface area contributed by atoms with Gasteiger partial charge >= 0.3 is 0 Å². The summed E-state index contributed by atoms with van der Waals surface area (Å²) in [5, 5.41) is 0. The molecule has 0 aliphatic rings. The van der Waals surface area contributed by atoms with Crippen molar-refractivity contribution in [1.82, 2.24) is 0 Å². The summed E-state index contributed by atoms with van der Waals surface area (Å²) in [6.07, 6.45) is 9.64. The molecule has 0 saturated heterocycles. The molecule has 2 radical (unpaired) electrons. The molecule has 0 spiro atoms. The summed E-state index contributed by atoms with van der Waals surface area (Å²) < 4.78 is 0. The highest BCUT2D eigenvalue weighted by molar-refractivity contribution is 6.32. The van der Waals surface area contributed by atoms with E-state index < -0.39 is 0 Å². The van der Waals surface area contributed by atoms with Crippen molar-refractivity contribution < 1.29 is 0 Å². The monoisotopic (exact) mass is 212 g/mol. The normalized spacial score (nSPS) is 13.1. The number of hydrogen-bond donors (Lipinski definition) is 0. The lowest BCUT2D eigenvalue weighted by atomic mass is 9.93. The fourth-order valence-electron chi connectivity index (χ4n) is 1.81. The third-order valence-electron chi connectivity index (χ3n) is 2.92. The molecule has 0 fully saturated rings. The first-order valence-corrected chi connectivity index (χ1v) is 6.30. The van der Waals surface area contributed by atoms with Gasteiger partial charge in [0.1, 0.15) is 7.85 Å². The molecule has 0 nitrogen and oxygen atoms in total. The van der Waals surface area contributed by atoms with Gasteiger partial charge < -0.3 is 0 Å². The van der Waals surface area contributed by atoms with Crippen LogP contribution >= 0.6 is 0 Å². The van der Waals surface area contributed by atoms with Crippen LogP contribution in [-0.4, -0.2) is 7.85 Å². The Balaban J connectivity index is 2.56. The minimum Gasteiger partial charge on any atom is -0.0961 e. The quantitative estimate of drug-likeness (QED) is 0.630. The van der Waals surface area contributed by atoms with Gasteiger partial charge in [-0.25, -0.2) is 0 Å². The van der Waals surface area contributed by atoms with Crippen molar-refractivity contribution in [2.24, 2.45) is 5.92 Å². The van der Waals surface area contributed by atoms with E-state index in [1.807, 2.05) is 18.2 Å². The van der Waals surface area contributed by atoms with Gasteiger partial charge in [0, 0.05) is 0 Å². The third kappa shape index (κ3) is 4.70. The van der Waals surface area contributed by atoms with E-state index in [0.717, 1.165) is 5.46 Å². The van der Waals surface area contributed by atoms with Crippen molar-refractivity contribution in [2.45, 2.75) is 39.5 Å². The van der Waals surface area contributed by atoms with Crippen LogP contribution in [0, 0.1) is 5.92 Å². The average molecular weight is 212 g/mol. The van der Waals surface area contributed by atoms with Crippen LogP contribution in [0.5, 0.6) is 0 Å². The van der Waals surface area contributed by atoms with E-state index >= 15 is 0 Å². The maximum atomic E-state index is 5.74. The highest BCUT2D eigenvalue weighted by Crippen LogP contribution is 2.15. The van der Waals surface area contributed by atoms with Crippen LogP contribution in [0.2, 0.25) is 0 Å². The largest absolute Gasteiger partial charge is 0.113 e. The fraction of sp³-hybridized carbons (Fsp3) is 0.467. The van der Waals surface area contributed by atoms with E-state index in [2.05, 4.69) is 32.1 Å². The van der Waals surface area contributed by atoms with Gasteiger partial charge in [-0.2, -0.15) is 0 Å². The Morgan fingerprint density at radius 2 is 2.12 bits per heavy atom. The van der Waals surface area contributed by atoms with Crippen molar-refractivity contribution in [3.63, 3.8) is 0 Å². The number of unbranched alkanes of at least 4 members (excludes halogenated alkanes) is 1. The van der Waals surface area contributed by atoms with Gasteiger partial charge in [-0.15, -0.1) is 0 Å². The molecule has 1 aromatic carbocycles. The molecule has 1 rings (SSSR count). The Morgan fingerprint density at radius 3 is 2.75 bits per heavy atom. The first-order valence-electron chi connectivity index (χ1n) is 6.30. The van der Waals surface area contributed by atoms with Crippen molar-refractivity contribution >= 4 is 19.4 Å². The number of hydrogen-bond acceptors (Lipinski definition) is 0. The maximum Gasteiger partial charge on any atom is 0.113 e. The summed E-state index contributed by atoms with van der Waals surface area (Å²) in [6.45, 7) is 4.50. The van der Waals surface area contributed by atoms with E-state index in [9.17, 15) is 0 Å². The Kier molecular flexibility index (Phi) is 5.99. The van der Waals surface area contributed by atoms with Crippen molar-refractivity contribution in [2.75, 3.05) is 0 Å². The predicted molar refractivity (Wildman–Crippen MR) is 74.2 cm³/mol. The molecule has 0 aromatic heterocycles. The second-order valence-electron chi connectivity index (χ2n) is 4.34. The number of rotatable bonds is 6. The molecule has 1 atom stereocenters. The highest BCUT2D eigenvalue weighted by atomic mass is 14.1. The molecule has 0 saturated carbocycles. The second-order valence-corrected chi connectivity index (χ2v) is 4.34. The topological polar surface area (TPSA) is 0 Å². The maximum absolute atomic E-state index is 5.74. The van der Waals surface area contributed by atoms with Crippen LogP contribution in [0.15, 0.2) is 30.3 Å². The molecular formula is C15H21B. The summed E-state index contributed by atoms with van der Waals surface area (Å²) in [5.74, 6) is 0.710. The van der Waals surface area contributed by atoms with Gasteiger partial charge in [0.25, 0.3) is 0 Å². The molecule has 84 valence electrons. The van der Waals surface area contributed by atoms with Crippen LogP contribution in [0.4, 0.5) is 0 Å². The van der Waals surface area contributed by atoms with Gasteiger partial charge in [0.05, 0.1) is 0 Å². The summed E-state index contributed by atoms with van der Waals surface area (Å²) in [5.41, 5.74) is 2.04. The van der Waals surface area contributed by atoms with Gasteiger partial charge in [-0.05, 0) is 24.3 Å². The van der Waals surface area contributed by atoms with Gasteiger partial charge in [-0.3, -0.25) is 0 Å². The molecule has 0 bridgehead atoms. The molecule has 0 amide bonds. The second kappa shape index (κ2) is 7.32. The molecule has 0 aliphatic carbocycles. The van der Waals surface area contributed by atoms with Crippen molar-refractivity contribution in [1.29, 1.82) is 0 Å². The number of benzene rings is 1. The van der Waals surface area contributed by atoms with E-state index in [1.54, 1.807) is 0 Å². The Morgan fingerprint density at radius 1 is 1.31 bits per heavy atom. The number of allylic oxidation sites excluding steroid dienone is 1. The Labute approximate surface area is 101 Å². The lowest BCUT2D eigenvalue weighted by molar-refractivity contribution is 0.542. The van der Waals surface area contributed by atoms with Gasteiger partial charge in [0.15, 0.2) is 0 Å². The van der Waals surface area contributed by atoms with Crippen LogP contribution in [-0.2, 0) is 0 Å². The summed E-state index contributed by atoms with van der Waals surface area (Å²) in [6, 6.07) is 8.04. The van der Waals surface area contributed by atoms with E-state index in [4.69, 9.17) is 7.85 Å². The van der Waals surface area contributed by atoms with E-state index in [1.165, 1.54) is 31.2 Å². The van der Waals surface area contributed by atoms with Crippen LogP contribution in [0.1, 0.15) is 45.1 Å². The zero-order valence-corrected chi connectivity index (χ0v) is 10.4. The molecule has 0 heterocycles. The molecule has 0 aliphatic heterocycles. The summed E-state index contributed by atoms with van der Waals surface area (Å²) in [4.78, 5) is 0. The zero-order valence-electron chi connectivity index (χ0n) is 10.4. The third-order valence-corrected chi connectivity index (χ3v) is 2.92. The fourth-order valence-corrected chi connectivity index (χ4v) is 1.81. The highest BCUT2D eigenvalue weighted by Gasteiger charge is 2.00. The molecule has 0 N–H and O–H groups in total. The SMILES string of the molecule is [B]c1cccc(/C=C/C(CC)CCCC)c1. The molecular weight excluding hydrogens is 191 g/mol. The molecule has 1 aromatic rings. The van der Waals surface area contributed by atoms with Gasteiger partial charge in [-0.1, -0.05) is 68.6 Å². The van der Waals surface area contributed by atoms with Crippen LogP contribution in [0.25, 0.3) is 6.08 Å². The lowest BCUT2D eigenvalue weighted by Crippen LogP contribution is -2.00. The van der Waals surface area contributed by atoms with Crippen molar-refractivity contribution in [3.05, 3.63) is 35.9 Å². The Hall–Kier alpha value is -0.975. The van der Waals surface area contributed by atoms with E-state index in [0.29, 0.717) is 5.92 Å². The molecule has 1 unspecified atom stereocenters. The van der Waals surface area contributed by atoms with E-state index in [-0.39, 0.29) is 0 Å². The lowest BCUT2D eigenvalue weighted by Gasteiger charge is -2.08. The molecule has 16 heavy (non-hydrogen) atoms.